The van der Waals surface area contributed by atoms with Crippen LogP contribution in [0, 0.1) is 5.82 Å². The normalized spacial score (nSPS) is 10.8. The smallest absolute Gasteiger partial charge is 0.195 e. The van der Waals surface area contributed by atoms with Crippen LogP contribution in [-0.4, -0.2) is 11.3 Å². The average Bonchev–Trinajstić information content (AvgIpc) is 2.88. The summed E-state index contributed by atoms with van der Waals surface area (Å²) in [6.07, 6.45) is 2.15. The van der Waals surface area contributed by atoms with Crippen molar-refractivity contribution in [2.24, 2.45) is 0 Å². The number of benzene rings is 2. The number of hydrogen-bond acceptors (Lipinski definition) is 3. The molecule has 0 spiro atoms. The SMILES string of the molecule is O=Cc1ccc2oc(CCc3ccc(F)cc3)nc2c1. The minimum atomic E-state index is -0.239. The Hall–Kier alpha value is -2.49. The van der Waals surface area contributed by atoms with Crippen LogP contribution in [0.1, 0.15) is 21.8 Å². The van der Waals surface area contributed by atoms with Gasteiger partial charge in [-0.1, -0.05) is 12.1 Å². The highest BCUT2D eigenvalue weighted by atomic mass is 19.1. The van der Waals surface area contributed by atoms with Crippen molar-refractivity contribution in [1.82, 2.24) is 4.98 Å². The van der Waals surface area contributed by atoms with Gasteiger partial charge >= 0.3 is 0 Å². The van der Waals surface area contributed by atoms with Crippen LogP contribution < -0.4 is 0 Å². The van der Waals surface area contributed by atoms with E-state index < -0.39 is 0 Å². The summed E-state index contributed by atoms with van der Waals surface area (Å²) in [7, 11) is 0. The summed E-state index contributed by atoms with van der Waals surface area (Å²) in [5.41, 5.74) is 2.96. The predicted molar refractivity (Wildman–Crippen MR) is 73.2 cm³/mol. The molecule has 3 nitrogen and oxygen atoms in total. The van der Waals surface area contributed by atoms with Gasteiger partial charge in [-0.25, -0.2) is 9.37 Å². The van der Waals surface area contributed by atoms with Gasteiger partial charge in [0.15, 0.2) is 11.5 Å². The predicted octanol–water partition coefficient (Wildman–Crippen LogP) is 3.56. The van der Waals surface area contributed by atoms with Gasteiger partial charge in [0.05, 0.1) is 0 Å². The summed E-state index contributed by atoms with van der Waals surface area (Å²) in [6.45, 7) is 0. The molecule has 1 heterocycles. The Morgan fingerprint density at radius 1 is 1.10 bits per heavy atom. The third-order valence-corrected chi connectivity index (χ3v) is 3.13. The lowest BCUT2D eigenvalue weighted by molar-refractivity contribution is 0.112. The number of carbonyl (C=O) groups excluding carboxylic acids is 1. The average molecular weight is 269 g/mol. The highest BCUT2D eigenvalue weighted by Gasteiger charge is 2.06. The maximum Gasteiger partial charge on any atom is 0.195 e. The molecule has 4 heteroatoms. The number of aldehydes is 1. The van der Waals surface area contributed by atoms with E-state index in [2.05, 4.69) is 4.98 Å². The number of rotatable bonds is 4. The first-order valence-electron chi connectivity index (χ1n) is 6.34. The van der Waals surface area contributed by atoms with Gasteiger partial charge in [-0.2, -0.15) is 0 Å². The quantitative estimate of drug-likeness (QED) is 0.680. The Labute approximate surface area is 115 Å². The van der Waals surface area contributed by atoms with Crippen molar-refractivity contribution in [2.45, 2.75) is 12.8 Å². The molecule has 0 aliphatic heterocycles. The molecular weight excluding hydrogens is 257 g/mol. The van der Waals surface area contributed by atoms with Crippen molar-refractivity contribution in [3.63, 3.8) is 0 Å². The second kappa shape index (κ2) is 5.25. The van der Waals surface area contributed by atoms with E-state index in [1.165, 1.54) is 12.1 Å². The Morgan fingerprint density at radius 3 is 2.65 bits per heavy atom. The molecule has 0 saturated carbocycles. The van der Waals surface area contributed by atoms with Crippen LogP contribution in [0.15, 0.2) is 46.9 Å². The molecular formula is C16H12FNO2. The van der Waals surface area contributed by atoms with Gasteiger partial charge in [0.1, 0.15) is 17.6 Å². The van der Waals surface area contributed by atoms with Crippen molar-refractivity contribution in [2.75, 3.05) is 0 Å². The minimum absolute atomic E-state index is 0.239. The minimum Gasteiger partial charge on any atom is -0.441 e. The van der Waals surface area contributed by atoms with E-state index in [1.54, 1.807) is 30.3 Å². The summed E-state index contributed by atoms with van der Waals surface area (Å²) in [4.78, 5) is 15.1. The Bertz CT molecular complexity index is 747. The number of aromatic nitrogens is 1. The fourth-order valence-electron chi connectivity index (χ4n) is 2.07. The zero-order valence-electron chi connectivity index (χ0n) is 10.7. The summed E-state index contributed by atoms with van der Waals surface area (Å²) in [5.74, 6) is 0.379. The van der Waals surface area contributed by atoms with Crippen molar-refractivity contribution in [1.29, 1.82) is 0 Å². The lowest BCUT2D eigenvalue weighted by Crippen LogP contribution is -1.91. The number of halogens is 1. The van der Waals surface area contributed by atoms with E-state index in [-0.39, 0.29) is 5.82 Å². The summed E-state index contributed by atoms with van der Waals surface area (Å²) in [6, 6.07) is 11.5. The fraction of sp³-hybridized carbons (Fsp3) is 0.125. The number of fused-ring (bicyclic) bond motifs is 1. The molecule has 2 aromatic carbocycles. The number of carbonyl (C=O) groups is 1. The third kappa shape index (κ3) is 2.59. The standard InChI is InChI=1S/C16H12FNO2/c17-13-5-1-11(2-6-13)4-8-16-18-14-9-12(10-19)3-7-15(14)20-16/h1-3,5-7,9-10H,4,8H2. The zero-order valence-corrected chi connectivity index (χ0v) is 10.7. The Balaban J connectivity index is 1.77. The van der Waals surface area contributed by atoms with Crippen molar-refractivity contribution < 1.29 is 13.6 Å². The fourth-order valence-corrected chi connectivity index (χ4v) is 2.07. The topological polar surface area (TPSA) is 43.1 Å². The van der Waals surface area contributed by atoms with E-state index in [0.29, 0.717) is 29.0 Å². The molecule has 1 aromatic heterocycles. The van der Waals surface area contributed by atoms with E-state index in [1.807, 2.05) is 0 Å². The van der Waals surface area contributed by atoms with Gasteiger partial charge in [0.2, 0.25) is 0 Å². The van der Waals surface area contributed by atoms with E-state index in [9.17, 15) is 9.18 Å². The number of nitrogens with zero attached hydrogens (tertiary/aromatic N) is 1. The van der Waals surface area contributed by atoms with Crippen LogP contribution in [-0.2, 0) is 12.8 Å². The van der Waals surface area contributed by atoms with Crippen LogP contribution in [0.3, 0.4) is 0 Å². The molecule has 3 rings (SSSR count). The van der Waals surface area contributed by atoms with Crippen LogP contribution in [0.4, 0.5) is 4.39 Å². The van der Waals surface area contributed by atoms with Crippen molar-refractivity contribution >= 4 is 17.4 Å². The second-order valence-corrected chi connectivity index (χ2v) is 4.58. The molecule has 0 radical (unpaired) electrons. The molecule has 0 N–H and O–H groups in total. The summed E-state index contributed by atoms with van der Waals surface area (Å²) in [5, 5.41) is 0. The lowest BCUT2D eigenvalue weighted by atomic mass is 10.1. The van der Waals surface area contributed by atoms with Crippen LogP contribution >= 0.6 is 0 Å². The van der Waals surface area contributed by atoms with Crippen LogP contribution in [0.25, 0.3) is 11.1 Å². The maximum atomic E-state index is 12.8. The van der Waals surface area contributed by atoms with Gasteiger partial charge in [-0.15, -0.1) is 0 Å². The van der Waals surface area contributed by atoms with Crippen molar-refractivity contribution in [3.8, 4) is 0 Å². The molecule has 100 valence electrons. The first kappa shape index (κ1) is 12.5. The van der Waals surface area contributed by atoms with E-state index >= 15 is 0 Å². The third-order valence-electron chi connectivity index (χ3n) is 3.13. The lowest BCUT2D eigenvalue weighted by Gasteiger charge is -1.98. The molecule has 0 unspecified atom stereocenters. The number of aryl methyl sites for hydroxylation is 2. The van der Waals surface area contributed by atoms with E-state index in [4.69, 9.17) is 4.42 Å². The molecule has 0 amide bonds. The first-order valence-corrected chi connectivity index (χ1v) is 6.34. The van der Waals surface area contributed by atoms with Gasteiger partial charge < -0.3 is 4.42 Å². The van der Waals surface area contributed by atoms with Gasteiger partial charge in [-0.3, -0.25) is 4.79 Å². The van der Waals surface area contributed by atoms with Crippen LogP contribution in [0.5, 0.6) is 0 Å². The molecule has 0 aliphatic carbocycles. The molecule has 20 heavy (non-hydrogen) atoms. The molecule has 0 fully saturated rings. The molecule has 3 aromatic rings. The largest absolute Gasteiger partial charge is 0.441 e. The van der Waals surface area contributed by atoms with Gasteiger partial charge in [0, 0.05) is 12.0 Å². The monoisotopic (exact) mass is 269 g/mol. The summed E-state index contributed by atoms with van der Waals surface area (Å²) >= 11 is 0. The number of hydrogen-bond donors (Lipinski definition) is 0. The molecule has 0 aliphatic rings. The second-order valence-electron chi connectivity index (χ2n) is 4.58. The highest BCUT2D eigenvalue weighted by Crippen LogP contribution is 2.18. The first-order chi connectivity index (χ1) is 9.74. The Kier molecular flexibility index (Phi) is 3.29. The van der Waals surface area contributed by atoms with Crippen LogP contribution in [0.2, 0.25) is 0 Å². The van der Waals surface area contributed by atoms with Crippen molar-refractivity contribution in [3.05, 3.63) is 65.3 Å². The Morgan fingerprint density at radius 2 is 1.90 bits per heavy atom. The molecule has 0 atom stereocenters. The maximum absolute atomic E-state index is 12.8. The highest BCUT2D eigenvalue weighted by molar-refractivity contribution is 5.83. The number of oxazole rings is 1. The van der Waals surface area contributed by atoms with Gasteiger partial charge in [-0.05, 0) is 42.3 Å². The molecule has 0 saturated heterocycles. The molecule has 0 bridgehead atoms. The zero-order chi connectivity index (χ0) is 13.9. The van der Waals surface area contributed by atoms with Gasteiger partial charge in [0.25, 0.3) is 0 Å². The van der Waals surface area contributed by atoms with E-state index in [0.717, 1.165) is 18.3 Å². The summed E-state index contributed by atoms with van der Waals surface area (Å²) < 4.78 is 18.4.